The highest BCUT2D eigenvalue weighted by molar-refractivity contribution is 7.93. The highest BCUT2D eigenvalue weighted by Crippen LogP contribution is 2.13. The standard InChI is InChI=1S/C10H16N2O3S/c1-8(6-11)16(14,15)12-10-4-2-9(7-13)3-5-10/h2-5,8,12-13H,6-7,11H2,1H3. The predicted molar refractivity (Wildman–Crippen MR) is 63.4 cm³/mol. The van der Waals surface area contributed by atoms with Crippen molar-refractivity contribution in [2.75, 3.05) is 11.3 Å². The van der Waals surface area contributed by atoms with Crippen LogP contribution in [0.15, 0.2) is 24.3 Å². The van der Waals surface area contributed by atoms with E-state index >= 15 is 0 Å². The second kappa shape index (κ2) is 5.29. The lowest BCUT2D eigenvalue weighted by atomic mass is 10.2. The van der Waals surface area contributed by atoms with Crippen LogP contribution in [-0.4, -0.2) is 25.3 Å². The zero-order valence-electron chi connectivity index (χ0n) is 9.05. The van der Waals surface area contributed by atoms with E-state index < -0.39 is 15.3 Å². The molecule has 0 spiro atoms. The number of hydrogen-bond acceptors (Lipinski definition) is 4. The van der Waals surface area contributed by atoms with Crippen LogP contribution in [0, 0.1) is 0 Å². The zero-order valence-corrected chi connectivity index (χ0v) is 9.87. The maximum atomic E-state index is 11.6. The molecule has 1 aromatic carbocycles. The van der Waals surface area contributed by atoms with Crippen LogP contribution in [0.5, 0.6) is 0 Å². The van der Waals surface area contributed by atoms with E-state index in [-0.39, 0.29) is 13.2 Å². The summed E-state index contributed by atoms with van der Waals surface area (Å²) < 4.78 is 25.7. The van der Waals surface area contributed by atoms with E-state index in [2.05, 4.69) is 4.72 Å². The maximum absolute atomic E-state index is 11.6. The SMILES string of the molecule is CC(CN)S(=O)(=O)Nc1ccc(CO)cc1. The minimum absolute atomic E-state index is 0.0633. The Morgan fingerprint density at radius 2 is 1.94 bits per heavy atom. The molecule has 5 nitrogen and oxygen atoms in total. The third-order valence-corrected chi connectivity index (χ3v) is 4.03. The van der Waals surface area contributed by atoms with Crippen LogP contribution in [0.1, 0.15) is 12.5 Å². The van der Waals surface area contributed by atoms with Crippen LogP contribution in [0.25, 0.3) is 0 Å². The molecule has 0 aliphatic heterocycles. The third-order valence-electron chi connectivity index (χ3n) is 2.26. The van der Waals surface area contributed by atoms with Gasteiger partial charge >= 0.3 is 0 Å². The molecule has 4 N–H and O–H groups in total. The summed E-state index contributed by atoms with van der Waals surface area (Å²) in [6.45, 7) is 1.56. The van der Waals surface area contributed by atoms with Gasteiger partial charge in [0.25, 0.3) is 0 Å². The molecule has 1 rings (SSSR count). The van der Waals surface area contributed by atoms with Crippen LogP contribution < -0.4 is 10.5 Å². The minimum Gasteiger partial charge on any atom is -0.392 e. The van der Waals surface area contributed by atoms with Crippen molar-refractivity contribution in [1.29, 1.82) is 0 Å². The maximum Gasteiger partial charge on any atom is 0.236 e. The van der Waals surface area contributed by atoms with Gasteiger partial charge in [-0.2, -0.15) is 0 Å². The Kier molecular flexibility index (Phi) is 4.28. The van der Waals surface area contributed by atoms with Crippen molar-refractivity contribution in [3.05, 3.63) is 29.8 Å². The smallest absolute Gasteiger partial charge is 0.236 e. The lowest BCUT2D eigenvalue weighted by Crippen LogP contribution is -2.31. The van der Waals surface area contributed by atoms with Gasteiger partial charge in [0.05, 0.1) is 11.9 Å². The second-order valence-electron chi connectivity index (χ2n) is 3.55. The Morgan fingerprint density at radius 1 is 1.38 bits per heavy atom. The molecule has 0 heterocycles. The number of nitrogens with two attached hydrogens (primary N) is 1. The van der Waals surface area contributed by atoms with Gasteiger partial charge in [-0.25, -0.2) is 8.42 Å². The van der Waals surface area contributed by atoms with E-state index in [1.165, 1.54) is 0 Å². The average Bonchev–Trinajstić information content (AvgIpc) is 2.28. The molecule has 0 aliphatic rings. The normalized spacial score (nSPS) is 13.4. The average molecular weight is 244 g/mol. The van der Waals surface area contributed by atoms with Crippen molar-refractivity contribution in [1.82, 2.24) is 0 Å². The van der Waals surface area contributed by atoms with Crippen molar-refractivity contribution >= 4 is 15.7 Å². The van der Waals surface area contributed by atoms with E-state index in [1.807, 2.05) is 0 Å². The molecule has 1 atom stereocenters. The van der Waals surface area contributed by atoms with Crippen molar-refractivity contribution in [3.8, 4) is 0 Å². The van der Waals surface area contributed by atoms with Crippen LogP contribution in [0.2, 0.25) is 0 Å². The first-order valence-corrected chi connectivity index (χ1v) is 6.45. The van der Waals surface area contributed by atoms with Gasteiger partial charge < -0.3 is 10.8 Å². The molecule has 0 aromatic heterocycles. The monoisotopic (exact) mass is 244 g/mol. The molecule has 0 saturated carbocycles. The van der Waals surface area contributed by atoms with Crippen molar-refractivity contribution < 1.29 is 13.5 Å². The summed E-state index contributed by atoms with van der Waals surface area (Å²) in [6.07, 6.45) is 0. The van der Waals surface area contributed by atoms with Gasteiger partial charge in [-0.05, 0) is 24.6 Å². The number of benzene rings is 1. The number of aliphatic hydroxyl groups excluding tert-OH is 1. The first-order chi connectivity index (χ1) is 7.49. The fourth-order valence-electron chi connectivity index (χ4n) is 1.07. The van der Waals surface area contributed by atoms with Gasteiger partial charge in [0.2, 0.25) is 10.0 Å². The van der Waals surface area contributed by atoms with Gasteiger partial charge in [0.1, 0.15) is 0 Å². The summed E-state index contributed by atoms with van der Waals surface area (Å²) in [6, 6.07) is 6.52. The topological polar surface area (TPSA) is 92.4 Å². The molecule has 1 unspecified atom stereocenters. The van der Waals surface area contributed by atoms with Crippen LogP contribution >= 0.6 is 0 Å². The van der Waals surface area contributed by atoms with E-state index in [0.717, 1.165) is 5.56 Å². The fraction of sp³-hybridized carbons (Fsp3) is 0.400. The molecule has 0 aliphatic carbocycles. The van der Waals surface area contributed by atoms with Crippen molar-refractivity contribution in [2.24, 2.45) is 5.73 Å². The predicted octanol–water partition coefficient (Wildman–Crippen LogP) is 0.268. The Hall–Kier alpha value is -1.11. The second-order valence-corrected chi connectivity index (χ2v) is 5.65. The number of sulfonamides is 1. The number of rotatable bonds is 5. The number of aliphatic hydroxyl groups is 1. The van der Waals surface area contributed by atoms with E-state index in [1.54, 1.807) is 31.2 Å². The van der Waals surface area contributed by atoms with Crippen molar-refractivity contribution in [3.63, 3.8) is 0 Å². The summed E-state index contributed by atoms with van der Waals surface area (Å²) in [7, 11) is -3.42. The lowest BCUT2D eigenvalue weighted by Gasteiger charge is -2.12. The van der Waals surface area contributed by atoms with E-state index in [4.69, 9.17) is 10.8 Å². The van der Waals surface area contributed by atoms with Crippen molar-refractivity contribution in [2.45, 2.75) is 18.8 Å². The molecule has 0 radical (unpaired) electrons. The van der Waals surface area contributed by atoms with Gasteiger partial charge in [0, 0.05) is 12.2 Å². The van der Waals surface area contributed by atoms with Gasteiger partial charge in [-0.1, -0.05) is 12.1 Å². The molecule has 0 fully saturated rings. The summed E-state index contributed by atoms with van der Waals surface area (Å²) in [5.41, 5.74) is 6.51. The summed E-state index contributed by atoms with van der Waals surface area (Å²) >= 11 is 0. The van der Waals surface area contributed by atoms with Crippen LogP contribution in [-0.2, 0) is 16.6 Å². The Morgan fingerprint density at radius 3 is 2.38 bits per heavy atom. The largest absolute Gasteiger partial charge is 0.392 e. The number of anilines is 1. The number of nitrogens with one attached hydrogen (secondary N) is 1. The fourth-order valence-corrected chi connectivity index (χ4v) is 1.99. The Balaban J connectivity index is 2.80. The first kappa shape index (κ1) is 13.0. The van der Waals surface area contributed by atoms with E-state index in [9.17, 15) is 8.42 Å². The molecular weight excluding hydrogens is 228 g/mol. The van der Waals surface area contributed by atoms with Gasteiger partial charge in [0.15, 0.2) is 0 Å². The molecule has 6 heteroatoms. The first-order valence-electron chi connectivity index (χ1n) is 4.91. The summed E-state index contributed by atoms with van der Waals surface area (Å²) in [5, 5.41) is 8.20. The Labute approximate surface area is 95.3 Å². The van der Waals surface area contributed by atoms with Crippen LogP contribution in [0.3, 0.4) is 0 Å². The molecule has 1 aromatic rings. The number of hydrogen-bond donors (Lipinski definition) is 3. The highest BCUT2D eigenvalue weighted by atomic mass is 32.2. The van der Waals surface area contributed by atoms with Crippen LogP contribution in [0.4, 0.5) is 5.69 Å². The van der Waals surface area contributed by atoms with Gasteiger partial charge in [-0.15, -0.1) is 0 Å². The molecule has 90 valence electrons. The minimum atomic E-state index is -3.42. The molecule has 16 heavy (non-hydrogen) atoms. The molecule has 0 saturated heterocycles. The molecule has 0 amide bonds. The Bertz CT molecular complexity index is 428. The summed E-state index contributed by atoms with van der Waals surface area (Å²) in [5.74, 6) is 0. The zero-order chi connectivity index (χ0) is 12.2. The third kappa shape index (κ3) is 3.19. The molecule has 0 bridgehead atoms. The van der Waals surface area contributed by atoms with Gasteiger partial charge in [-0.3, -0.25) is 4.72 Å². The quantitative estimate of drug-likeness (QED) is 0.693. The lowest BCUT2D eigenvalue weighted by molar-refractivity contribution is 0.282. The van der Waals surface area contributed by atoms with E-state index in [0.29, 0.717) is 5.69 Å². The summed E-state index contributed by atoms with van der Waals surface area (Å²) in [4.78, 5) is 0. The highest BCUT2D eigenvalue weighted by Gasteiger charge is 2.18. The molecular formula is C10H16N2O3S.